The van der Waals surface area contributed by atoms with Crippen LogP contribution in [0.4, 0.5) is 11.5 Å². The molecular formula is C16H13BrN2. The normalized spacial score (nSPS) is 10.6. The van der Waals surface area contributed by atoms with Crippen molar-refractivity contribution in [2.24, 2.45) is 0 Å². The highest BCUT2D eigenvalue weighted by Crippen LogP contribution is 2.23. The van der Waals surface area contributed by atoms with Crippen molar-refractivity contribution in [2.75, 3.05) is 5.32 Å². The number of halogens is 1. The molecule has 1 N–H and O–H groups in total. The molecule has 0 unspecified atom stereocenters. The lowest BCUT2D eigenvalue weighted by Gasteiger charge is -2.08. The summed E-state index contributed by atoms with van der Waals surface area (Å²) in [5.74, 6) is 0.857. The lowest BCUT2D eigenvalue weighted by Crippen LogP contribution is -1.95. The van der Waals surface area contributed by atoms with Crippen LogP contribution in [0.5, 0.6) is 0 Å². The average molecular weight is 313 g/mol. The number of hydrogen-bond acceptors (Lipinski definition) is 2. The Balaban J connectivity index is 1.94. The average Bonchev–Trinajstić information content (AvgIpc) is 2.43. The predicted molar refractivity (Wildman–Crippen MR) is 83.9 cm³/mol. The number of aromatic nitrogens is 1. The maximum atomic E-state index is 4.49. The molecule has 0 saturated heterocycles. The zero-order valence-corrected chi connectivity index (χ0v) is 12.1. The zero-order chi connectivity index (χ0) is 13.2. The first kappa shape index (κ1) is 12.2. The van der Waals surface area contributed by atoms with Crippen molar-refractivity contribution in [1.82, 2.24) is 4.98 Å². The van der Waals surface area contributed by atoms with E-state index < -0.39 is 0 Å². The minimum Gasteiger partial charge on any atom is -0.340 e. The number of nitrogens with zero attached hydrogens (tertiary/aromatic N) is 1. The van der Waals surface area contributed by atoms with Gasteiger partial charge in [-0.15, -0.1) is 0 Å². The number of fused-ring (bicyclic) bond motifs is 1. The van der Waals surface area contributed by atoms with E-state index in [1.54, 1.807) is 0 Å². The van der Waals surface area contributed by atoms with Crippen LogP contribution in [0.1, 0.15) is 5.69 Å². The molecule has 3 aromatic rings. The van der Waals surface area contributed by atoms with E-state index in [0.717, 1.165) is 21.7 Å². The highest BCUT2D eigenvalue weighted by Gasteiger charge is 2.00. The van der Waals surface area contributed by atoms with Crippen LogP contribution in [0.2, 0.25) is 0 Å². The SMILES string of the molecule is Cc1nc(Nc2ccc3ccccc3c2)ccc1Br. The van der Waals surface area contributed by atoms with Crippen molar-refractivity contribution in [1.29, 1.82) is 0 Å². The molecule has 0 bridgehead atoms. The van der Waals surface area contributed by atoms with Gasteiger partial charge in [-0.3, -0.25) is 0 Å². The van der Waals surface area contributed by atoms with Gasteiger partial charge in [0.25, 0.3) is 0 Å². The van der Waals surface area contributed by atoms with E-state index in [-0.39, 0.29) is 0 Å². The minimum atomic E-state index is 0.857. The minimum absolute atomic E-state index is 0.857. The maximum Gasteiger partial charge on any atom is 0.130 e. The second-order valence-electron chi connectivity index (χ2n) is 4.45. The molecule has 1 aromatic heterocycles. The number of aryl methyl sites for hydroxylation is 1. The standard InChI is InChI=1S/C16H13BrN2/c1-11-15(17)8-9-16(18-11)19-14-7-6-12-4-2-3-5-13(12)10-14/h2-10H,1H3,(H,18,19). The van der Waals surface area contributed by atoms with Gasteiger partial charge in [-0.1, -0.05) is 30.3 Å². The molecule has 0 radical (unpaired) electrons. The largest absolute Gasteiger partial charge is 0.340 e. The summed E-state index contributed by atoms with van der Waals surface area (Å²) in [6.07, 6.45) is 0. The van der Waals surface area contributed by atoms with E-state index in [9.17, 15) is 0 Å². The molecule has 2 nitrogen and oxygen atoms in total. The monoisotopic (exact) mass is 312 g/mol. The van der Waals surface area contributed by atoms with Gasteiger partial charge in [-0.25, -0.2) is 4.98 Å². The van der Waals surface area contributed by atoms with E-state index in [1.807, 2.05) is 25.1 Å². The van der Waals surface area contributed by atoms with Crippen LogP contribution in [-0.4, -0.2) is 4.98 Å². The van der Waals surface area contributed by atoms with E-state index in [1.165, 1.54) is 10.8 Å². The van der Waals surface area contributed by atoms with Gasteiger partial charge in [0.2, 0.25) is 0 Å². The third kappa shape index (κ3) is 2.61. The number of hydrogen-bond donors (Lipinski definition) is 1. The highest BCUT2D eigenvalue weighted by atomic mass is 79.9. The van der Waals surface area contributed by atoms with Gasteiger partial charge in [0.1, 0.15) is 5.82 Å². The summed E-state index contributed by atoms with van der Waals surface area (Å²) in [5, 5.41) is 5.80. The van der Waals surface area contributed by atoms with Crippen molar-refractivity contribution in [2.45, 2.75) is 6.92 Å². The van der Waals surface area contributed by atoms with Gasteiger partial charge in [0.15, 0.2) is 0 Å². The first-order valence-corrected chi connectivity index (χ1v) is 6.91. The van der Waals surface area contributed by atoms with Gasteiger partial charge in [0.05, 0.1) is 5.69 Å². The van der Waals surface area contributed by atoms with Crippen LogP contribution in [-0.2, 0) is 0 Å². The fourth-order valence-electron chi connectivity index (χ4n) is 2.03. The molecule has 94 valence electrons. The van der Waals surface area contributed by atoms with Crippen LogP contribution in [0.15, 0.2) is 59.1 Å². The summed E-state index contributed by atoms with van der Waals surface area (Å²) in [5.41, 5.74) is 2.03. The molecule has 0 fully saturated rings. The van der Waals surface area contributed by atoms with Crippen molar-refractivity contribution >= 4 is 38.2 Å². The molecule has 2 aromatic carbocycles. The smallest absolute Gasteiger partial charge is 0.130 e. The van der Waals surface area contributed by atoms with Gasteiger partial charge in [0, 0.05) is 10.2 Å². The number of benzene rings is 2. The summed E-state index contributed by atoms with van der Waals surface area (Å²) in [6.45, 7) is 1.98. The molecule has 0 spiro atoms. The summed E-state index contributed by atoms with van der Waals surface area (Å²) in [6, 6.07) is 18.6. The third-order valence-electron chi connectivity index (χ3n) is 3.04. The molecule has 0 aliphatic heterocycles. The van der Waals surface area contributed by atoms with Gasteiger partial charge >= 0.3 is 0 Å². The molecule has 0 aliphatic carbocycles. The fraction of sp³-hybridized carbons (Fsp3) is 0.0625. The van der Waals surface area contributed by atoms with Crippen molar-refractivity contribution in [3.63, 3.8) is 0 Å². The second kappa shape index (κ2) is 5.02. The van der Waals surface area contributed by atoms with E-state index in [4.69, 9.17) is 0 Å². The summed E-state index contributed by atoms with van der Waals surface area (Å²) in [4.78, 5) is 4.49. The van der Waals surface area contributed by atoms with Crippen molar-refractivity contribution < 1.29 is 0 Å². The van der Waals surface area contributed by atoms with Crippen LogP contribution in [0, 0.1) is 6.92 Å². The first-order valence-electron chi connectivity index (χ1n) is 6.11. The van der Waals surface area contributed by atoms with Gasteiger partial charge < -0.3 is 5.32 Å². The highest BCUT2D eigenvalue weighted by molar-refractivity contribution is 9.10. The lowest BCUT2D eigenvalue weighted by molar-refractivity contribution is 1.18. The summed E-state index contributed by atoms with van der Waals surface area (Å²) >= 11 is 3.46. The summed E-state index contributed by atoms with van der Waals surface area (Å²) in [7, 11) is 0. The molecule has 0 saturated carbocycles. The Kier molecular flexibility index (Phi) is 3.22. The van der Waals surface area contributed by atoms with Gasteiger partial charge in [-0.2, -0.15) is 0 Å². The number of nitrogens with one attached hydrogen (secondary N) is 1. The molecule has 19 heavy (non-hydrogen) atoms. The molecule has 3 heteroatoms. The Morgan fingerprint density at radius 1 is 0.947 bits per heavy atom. The van der Waals surface area contributed by atoms with Crippen molar-refractivity contribution in [3.05, 3.63) is 64.8 Å². The van der Waals surface area contributed by atoms with Crippen LogP contribution in [0.25, 0.3) is 10.8 Å². The second-order valence-corrected chi connectivity index (χ2v) is 5.30. The Bertz CT molecular complexity index is 738. The first-order chi connectivity index (χ1) is 9.22. The Morgan fingerprint density at radius 3 is 2.53 bits per heavy atom. The number of anilines is 2. The van der Waals surface area contributed by atoms with Crippen molar-refractivity contribution in [3.8, 4) is 0 Å². The number of pyridine rings is 1. The van der Waals surface area contributed by atoms with Crippen LogP contribution in [0.3, 0.4) is 0 Å². The molecular weight excluding hydrogens is 300 g/mol. The predicted octanol–water partition coefficient (Wildman–Crippen LogP) is 5.05. The van der Waals surface area contributed by atoms with Crippen LogP contribution >= 0.6 is 15.9 Å². The van der Waals surface area contributed by atoms with E-state index in [2.05, 4.69) is 62.6 Å². The molecule has 0 aliphatic rings. The maximum absolute atomic E-state index is 4.49. The Morgan fingerprint density at radius 2 is 1.74 bits per heavy atom. The topological polar surface area (TPSA) is 24.9 Å². The molecule has 0 atom stereocenters. The quantitative estimate of drug-likeness (QED) is 0.716. The molecule has 1 heterocycles. The molecule has 0 amide bonds. The summed E-state index contributed by atoms with van der Waals surface area (Å²) < 4.78 is 1.02. The Hall–Kier alpha value is -1.87. The Labute approximate surface area is 120 Å². The number of rotatable bonds is 2. The zero-order valence-electron chi connectivity index (χ0n) is 10.5. The fourth-order valence-corrected chi connectivity index (χ4v) is 2.25. The van der Waals surface area contributed by atoms with E-state index in [0.29, 0.717) is 0 Å². The third-order valence-corrected chi connectivity index (χ3v) is 3.88. The van der Waals surface area contributed by atoms with E-state index >= 15 is 0 Å². The molecule has 3 rings (SSSR count). The van der Waals surface area contributed by atoms with Gasteiger partial charge in [-0.05, 0) is 57.9 Å². The van der Waals surface area contributed by atoms with Crippen LogP contribution < -0.4 is 5.32 Å². The lowest BCUT2D eigenvalue weighted by atomic mass is 10.1.